The van der Waals surface area contributed by atoms with Gasteiger partial charge in [-0.25, -0.2) is 0 Å². The molecule has 12 rings (SSSR count). The van der Waals surface area contributed by atoms with Crippen LogP contribution in [0.15, 0.2) is 228 Å². The molecule has 16 nitrogen and oxygen atoms in total. The third-order valence-electron chi connectivity index (χ3n) is 13.1. The van der Waals surface area contributed by atoms with Gasteiger partial charge >= 0.3 is 0 Å². The van der Waals surface area contributed by atoms with Crippen molar-refractivity contribution >= 4 is 145 Å². The normalized spacial score (nSPS) is 11.8. The monoisotopic (exact) mass is 1090 g/mol. The Morgan fingerprint density at radius 1 is 0.287 bits per heavy atom. The zero-order valence-electron chi connectivity index (χ0n) is 42.1. The van der Waals surface area contributed by atoms with Gasteiger partial charge in [0.15, 0.2) is 0 Å². The van der Waals surface area contributed by atoms with Crippen LogP contribution in [0.5, 0.6) is 0 Å². The lowest BCUT2D eigenvalue weighted by Crippen LogP contribution is -2.06. The molecule has 80 heavy (non-hydrogen) atoms. The van der Waals surface area contributed by atoms with Crippen LogP contribution in [0.3, 0.4) is 0 Å². The van der Waals surface area contributed by atoms with Crippen LogP contribution in [0.25, 0.3) is 55.2 Å². The molecule has 0 amide bonds. The summed E-state index contributed by atoms with van der Waals surface area (Å²) in [4.78, 5) is 18.0. The van der Waals surface area contributed by atoms with Gasteiger partial charge in [0.2, 0.25) is 11.9 Å². The Bertz CT molecular complexity index is 4170. The predicted octanol–water partition coefficient (Wildman–Crippen LogP) is 15.0. The molecule has 392 valence electrons. The fourth-order valence-electron chi connectivity index (χ4n) is 9.31. The van der Waals surface area contributed by atoms with E-state index in [4.69, 9.17) is 19.9 Å². The van der Waals surface area contributed by atoms with Crippen LogP contribution >= 0.6 is 0 Å². The van der Waals surface area contributed by atoms with Crippen molar-refractivity contribution in [1.29, 1.82) is 0 Å². The quantitative estimate of drug-likeness (QED) is 0.0332. The average Bonchev–Trinajstić information content (AvgIpc) is 3.45. The van der Waals surface area contributed by atoms with Crippen molar-refractivity contribution in [2.75, 3.05) is 31.9 Å². The summed E-state index contributed by atoms with van der Waals surface area (Å²) in [7, 11) is -9.76. The first kappa shape index (κ1) is 50.6. The van der Waals surface area contributed by atoms with Crippen molar-refractivity contribution in [2.24, 2.45) is 0 Å². The molecule has 0 atom stereocenters. The van der Waals surface area contributed by atoms with Crippen LogP contribution in [-0.2, 0) is 20.2 Å². The summed E-state index contributed by atoms with van der Waals surface area (Å²) in [6.45, 7) is 0. The molecule has 0 spiro atoms. The van der Waals surface area contributed by atoms with Crippen LogP contribution in [0.1, 0.15) is 11.1 Å². The number of benzene rings is 10. The molecule has 0 aliphatic carbocycles. The Hall–Kier alpha value is -10.2. The summed E-state index contributed by atoms with van der Waals surface area (Å²) >= 11 is 0. The maximum Gasteiger partial charge on any atom is 0.295 e. The van der Waals surface area contributed by atoms with Crippen molar-refractivity contribution in [3.8, 4) is 0 Å². The number of rotatable bonds is 16. The lowest BCUT2D eigenvalue weighted by Gasteiger charge is -2.14. The third kappa shape index (κ3) is 11.7. The molecule has 8 N–H and O–H groups in total. The first-order valence-electron chi connectivity index (χ1n) is 25.0. The molecule has 0 saturated heterocycles. The van der Waals surface area contributed by atoms with Crippen LogP contribution in [-0.4, -0.2) is 45.9 Å². The number of fused-ring (bicyclic) bond motifs is 4. The minimum atomic E-state index is -4.88. The van der Waals surface area contributed by atoms with Crippen LogP contribution in [0.4, 0.5) is 69.3 Å². The smallest absolute Gasteiger partial charge is 0.295 e. The van der Waals surface area contributed by atoms with E-state index in [0.29, 0.717) is 11.6 Å². The second kappa shape index (κ2) is 21.3. The van der Waals surface area contributed by atoms with E-state index in [0.717, 1.165) is 65.8 Å². The topological polar surface area (TPSA) is 232 Å². The first-order chi connectivity index (χ1) is 38.8. The summed E-state index contributed by atoms with van der Waals surface area (Å²) in [6.07, 6.45) is 2.65. The van der Waals surface area contributed by atoms with Crippen molar-refractivity contribution < 1.29 is 25.9 Å². The molecule has 0 aliphatic rings. The molecule has 12 aromatic rings. The van der Waals surface area contributed by atoms with E-state index in [2.05, 4.69) is 31.9 Å². The van der Waals surface area contributed by atoms with Gasteiger partial charge in [0.1, 0.15) is 33.1 Å². The highest BCUT2D eigenvalue weighted by Gasteiger charge is 2.19. The highest BCUT2D eigenvalue weighted by Crippen LogP contribution is 2.33. The van der Waals surface area contributed by atoms with Crippen molar-refractivity contribution in [3.63, 3.8) is 0 Å². The van der Waals surface area contributed by atoms with Gasteiger partial charge in [0.05, 0.1) is 0 Å². The second-order valence-electron chi connectivity index (χ2n) is 18.7. The summed E-state index contributed by atoms with van der Waals surface area (Å²) < 4.78 is 73.4. The van der Waals surface area contributed by atoms with Gasteiger partial charge in [-0.3, -0.25) is 9.11 Å². The zero-order chi connectivity index (χ0) is 54.8. The Morgan fingerprint density at radius 3 is 0.825 bits per heavy atom. The number of hydrogen-bond donors (Lipinski definition) is 8. The SMILES string of the molecule is O=S(=O)(O)c1cc(Nc2cc(Nc3ccc4ccccc4c3)nc(Nc3ccc4ccccc4c3)n2)ccc1/C=C/c1ccc(Nc2cc(Nc3ccc4ccccc4c3)nc(Nc3ccc4ccccc4c3)n2)cc1S(=O)(=O)O. The fourth-order valence-corrected chi connectivity index (χ4v) is 10.7. The van der Waals surface area contributed by atoms with E-state index in [9.17, 15) is 25.9 Å². The molecule has 18 heteroatoms. The molecule has 0 fully saturated rings. The molecular weight excluding hydrogens is 1040 g/mol. The van der Waals surface area contributed by atoms with E-state index >= 15 is 0 Å². The maximum atomic E-state index is 13.1. The summed E-state index contributed by atoms with van der Waals surface area (Å²) in [5, 5.41) is 28.0. The van der Waals surface area contributed by atoms with Crippen molar-refractivity contribution in [2.45, 2.75) is 9.79 Å². The Morgan fingerprint density at radius 2 is 0.537 bits per heavy atom. The van der Waals surface area contributed by atoms with Crippen molar-refractivity contribution in [3.05, 3.63) is 230 Å². The van der Waals surface area contributed by atoms with Crippen LogP contribution in [0.2, 0.25) is 0 Å². The van der Waals surface area contributed by atoms with Gasteiger partial charge in [-0.05, 0) is 127 Å². The highest BCUT2D eigenvalue weighted by molar-refractivity contribution is 7.86. The van der Waals surface area contributed by atoms with E-state index in [1.165, 1.54) is 36.4 Å². The standard InChI is InChI=1S/C62H46N10O6S2/c73-79(74,75)55-35-53(65-59-37-57(63-49-25-19-39-9-1-5-13-45(39)31-49)69-61(71-59)67-51-27-21-41-11-3-7-15-47(41)33-51)29-23-43(55)17-18-44-24-30-54(36-56(44)80(76,77)78)66-60-38-58(64-50-26-20-40-10-2-6-14-46(40)32-50)70-62(72-60)68-52-28-22-42-12-4-8-16-48(42)34-52/h1-38H,(H,73,74,75)(H,76,77,78)(H3,63,65,67,69,71)(H3,64,66,68,70,72)/b18-17+. The summed E-state index contributed by atoms with van der Waals surface area (Å²) in [5.74, 6) is 1.85. The van der Waals surface area contributed by atoms with Gasteiger partial charge < -0.3 is 31.9 Å². The number of nitrogens with zero attached hydrogens (tertiary/aromatic N) is 4. The summed E-state index contributed by atoms with van der Waals surface area (Å²) in [5.41, 5.74) is 3.51. The third-order valence-corrected chi connectivity index (χ3v) is 14.9. The maximum absolute atomic E-state index is 13.1. The molecule has 0 unspecified atom stereocenters. The number of hydrogen-bond acceptors (Lipinski definition) is 14. The predicted molar refractivity (Wildman–Crippen MR) is 321 cm³/mol. The average molecular weight is 1090 g/mol. The summed E-state index contributed by atoms with van der Waals surface area (Å²) in [6, 6.07) is 67.3. The number of nitrogens with one attached hydrogen (secondary N) is 6. The van der Waals surface area contributed by atoms with Gasteiger partial charge in [0.25, 0.3) is 20.2 Å². The molecular formula is C62H46N10O6S2. The minimum Gasteiger partial charge on any atom is -0.340 e. The lowest BCUT2D eigenvalue weighted by molar-refractivity contribution is 0.480. The van der Waals surface area contributed by atoms with Crippen molar-refractivity contribution in [1.82, 2.24) is 19.9 Å². The lowest BCUT2D eigenvalue weighted by atomic mass is 10.1. The van der Waals surface area contributed by atoms with Gasteiger partial charge in [0, 0.05) is 46.3 Å². The van der Waals surface area contributed by atoms with Gasteiger partial charge in [-0.2, -0.15) is 36.8 Å². The van der Waals surface area contributed by atoms with Crippen LogP contribution < -0.4 is 31.9 Å². The Balaban J connectivity index is 0.829. The fraction of sp³-hybridized carbons (Fsp3) is 0. The zero-order valence-corrected chi connectivity index (χ0v) is 43.7. The first-order valence-corrected chi connectivity index (χ1v) is 27.9. The number of aromatic nitrogens is 4. The van der Waals surface area contributed by atoms with E-state index in [1.54, 1.807) is 24.3 Å². The minimum absolute atomic E-state index is 0.0143. The molecule has 10 aromatic carbocycles. The van der Waals surface area contributed by atoms with Gasteiger partial charge in [-0.15, -0.1) is 0 Å². The van der Waals surface area contributed by atoms with E-state index in [1.807, 2.05) is 170 Å². The van der Waals surface area contributed by atoms with Crippen LogP contribution in [0, 0.1) is 0 Å². The van der Waals surface area contributed by atoms with E-state index < -0.39 is 30.0 Å². The molecule has 2 aromatic heterocycles. The number of anilines is 12. The molecule has 0 aliphatic heterocycles. The molecule has 2 heterocycles. The van der Waals surface area contributed by atoms with E-state index in [-0.39, 0.29) is 46.0 Å². The molecule has 0 saturated carbocycles. The molecule has 0 radical (unpaired) electrons. The Labute approximate surface area is 459 Å². The van der Waals surface area contributed by atoms with Gasteiger partial charge in [-0.1, -0.05) is 146 Å². The largest absolute Gasteiger partial charge is 0.340 e. The second-order valence-corrected chi connectivity index (χ2v) is 21.5. The Kier molecular flexibility index (Phi) is 13.5. The highest BCUT2D eigenvalue weighted by atomic mass is 32.2. The molecule has 0 bridgehead atoms.